The first-order valence-electron chi connectivity index (χ1n) is 11.1. The number of nitrogens with two attached hydrogens (primary N) is 1. The van der Waals surface area contributed by atoms with Crippen LogP contribution in [0.4, 0.5) is 0 Å². The van der Waals surface area contributed by atoms with Crippen LogP contribution in [-0.4, -0.2) is 87.1 Å². The number of thioether (sulfide) groups is 1. The van der Waals surface area contributed by atoms with Crippen LogP contribution in [-0.2, 0) is 28.8 Å². The Morgan fingerprint density at radius 2 is 1.23 bits per heavy atom. The average molecular weight is 521 g/mol. The van der Waals surface area contributed by atoms with Crippen molar-refractivity contribution in [3.8, 4) is 0 Å². The summed E-state index contributed by atoms with van der Waals surface area (Å²) >= 11 is 1.39. The minimum absolute atomic E-state index is 0.0736. The maximum absolute atomic E-state index is 12.9. The number of carboxylic acids is 3. The van der Waals surface area contributed by atoms with Gasteiger partial charge in [0.05, 0.1) is 6.04 Å². The van der Waals surface area contributed by atoms with E-state index in [2.05, 4.69) is 16.0 Å². The van der Waals surface area contributed by atoms with E-state index in [4.69, 9.17) is 15.9 Å². The van der Waals surface area contributed by atoms with Crippen molar-refractivity contribution in [3.63, 3.8) is 0 Å². The molecule has 13 nitrogen and oxygen atoms in total. The van der Waals surface area contributed by atoms with Gasteiger partial charge >= 0.3 is 17.9 Å². The molecule has 0 bridgehead atoms. The fraction of sp³-hybridized carbons (Fsp3) is 0.714. The van der Waals surface area contributed by atoms with Crippen molar-refractivity contribution in [1.29, 1.82) is 0 Å². The monoisotopic (exact) mass is 520 g/mol. The Bertz CT molecular complexity index is 763. The lowest BCUT2D eigenvalue weighted by atomic mass is 10.0. The summed E-state index contributed by atoms with van der Waals surface area (Å²) in [4.78, 5) is 71.3. The molecule has 4 atom stereocenters. The van der Waals surface area contributed by atoms with E-state index in [1.54, 1.807) is 20.1 Å². The van der Waals surface area contributed by atoms with Crippen LogP contribution < -0.4 is 21.7 Å². The third-order valence-electron chi connectivity index (χ3n) is 4.85. The summed E-state index contributed by atoms with van der Waals surface area (Å²) < 4.78 is 0. The Labute approximate surface area is 208 Å². The molecule has 0 radical (unpaired) electrons. The van der Waals surface area contributed by atoms with E-state index in [0.29, 0.717) is 5.75 Å². The molecule has 0 aliphatic rings. The molecule has 0 rings (SSSR count). The molecule has 4 unspecified atom stereocenters. The molecule has 0 aliphatic carbocycles. The van der Waals surface area contributed by atoms with Crippen molar-refractivity contribution >= 4 is 47.4 Å². The topological polar surface area (TPSA) is 225 Å². The van der Waals surface area contributed by atoms with Gasteiger partial charge in [-0.1, -0.05) is 13.8 Å². The number of nitrogens with one attached hydrogen (secondary N) is 3. The summed E-state index contributed by atoms with van der Waals surface area (Å²) in [5, 5.41) is 34.3. The number of rotatable bonds is 18. The molecule has 8 N–H and O–H groups in total. The lowest BCUT2D eigenvalue weighted by molar-refractivity contribution is -0.143. The van der Waals surface area contributed by atoms with Gasteiger partial charge in [0, 0.05) is 12.8 Å². The molecular formula is C21H36N4O9S. The lowest BCUT2D eigenvalue weighted by Crippen LogP contribution is -2.57. The first-order valence-corrected chi connectivity index (χ1v) is 12.5. The van der Waals surface area contributed by atoms with Gasteiger partial charge in [-0.2, -0.15) is 11.8 Å². The van der Waals surface area contributed by atoms with Gasteiger partial charge in [0.25, 0.3) is 0 Å². The van der Waals surface area contributed by atoms with E-state index < -0.39 is 66.2 Å². The molecule has 200 valence electrons. The number of carbonyl (C=O) groups is 6. The highest BCUT2D eigenvalue weighted by Gasteiger charge is 2.31. The number of carboxylic acid groups (broad SMARTS) is 3. The maximum Gasteiger partial charge on any atom is 0.326 e. The van der Waals surface area contributed by atoms with Crippen molar-refractivity contribution in [3.05, 3.63) is 0 Å². The van der Waals surface area contributed by atoms with Crippen LogP contribution in [0.5, 0.6) is 0 Å². The first-order chi connectivity index (χ1) is 16.3. The van der Waals surface area contributed by atoms with Crippen molar-refractivity contribution < 1.29 is 44.1 Å². The van der Waals surface area contributed by atoms with E-state index in [9.17, 15) is 33.9 Å². The van der Waals surface area contributed by atoms with Crippen LogP contribution >= 0.6 is 11.8 Å². The van der Waals surface area contributed by atoms with E-state index >= 15 is 0 Å². The zero-order valence-electron chi connectivity index (χ0n) is 20.1. The van der Waals surface area contributed by atoms with E-state index in [1.165, 1.54) is 11.8 Å². The quantitative estimate of drug-likeness (QED) is 0.120. The number of hydrogen-bond acceptors (Lipinski definition) is 8. The Hall–Kier alpha value is -2.87. The van der Waals surface area contributed by atoms with Crippen molar-refractivity contribution in [2.75, 3.05) is 12.0 Å². The largest absolute Gasteiger partial charge is 0.481 e. The molecule has 0 aliphatic heterocycles. The van der Waals surface area contributed by atoms with Crippen molar-refractivity contribution in [2.45, 2.75) is 76.5 Å². The standard InChI is InChI=1S/C21H36N4O9S/c1-11(2)10-15(25-18(30)12(22)4-6-16(26)27)20(32)23-13(5-7-17(28)29)19(31)24-14(21(33)34)8-9-35-3/h11-15H,4-10,22H2,1-3H3,(H,23,32)(H,24,31)(H,25,30)(H,26,27)(H,28,29)(H,33,34). The van der Waals surface area contributed by atoms with Crippen molar-refractivity contribution in [2.24, 2.45) is 11.7 Å². The Balaban J connectivity index is 5.52. The number of hydrogen-bond donors (Lipinski definition) is 7. The molecule has 35 heavy (non-hydrogen) atoms. The van der Waals surface area contributed by atoms with Crippen LogP contribution in [0.15, 0.2) is 0 Å². The highest BCUT2D eigenvalue weighted by molar-refractivity contribution is 7.98. The fourth-order valence-electron chi connectivity index (χ4n) is 2.97. The zero-order valence-corrected chi connectivity index (χ0v) is 20.9. The Kier molecular flexibility index (Phi) is 15.3. The van der Waals surface area contributed by atoms with Gasteiger partial charge in [0.2, 0.25) is 17.7 Å². The number of aliphatic carboxylic acids is 3. The second kappa shape index (κ2) is 16.7. The van der Waals surface area contributed by atoms with Gasteiger partial charge in [-0.15, -0.1) is 0 Å². The van der Waals surface area contributed by atoms with Crippen LogP contribution in [0.25, 0.3) is 0 Å². The predicted octanol–water partition coefficient (Wildman–Crippen LogP) is -0.618. The number of amides is 3. The van der Waals surface area contributed by atoms with E-state index in [1.807, 2.05) is 0 Å². The van der Waals surface area contributed by atoms with Crippen molar-refractivity contribution in [1.82, 2.24) is 16.0 Å². The minimum Gasteiger partial charge on any atom is -0.481 e. The second-order valence-corrected chi connectivity index (χ2v) is 9.39. The molecular weight excluding hydrogens is 484 g/mol. The summed E-state index contributed by atoms with van der Waals surface area (Å²) in [5.74, 6) is -5.62. The normalized spacial score (nSPS) is 14.3. The minimum atomic E-state index is -1.36. The summed E-state index contributed by atoms with van der Waals surface area (Å²) in [6.45, 7) is 3.57. The van der Waals surface area contributed by atoms with Gasteiger partial charge in [0.1, 0.15) is 18.1 Å². The summed E-state index contributed by atoms with van der Waals surface area (Å²) in [5.41, 5.74) is 5.70. The molecule has 3 amide bonds. The molecule has 0 aromatic heterocycles. The maximum atomic E-state index is 12.9. The fourth-order valence-corrected chi connectivity index (χ4v) is 3.44. The summed E-state index contributed by atoms with van der Waals surface area (Å²) in [7, 11) is 0. The molecule has 0 aromatic rings. The van der Waals surface area contributed by atoms with Gasteiger partial charge in [-0.05, 0) is 43.6 Å². The van der Waals surface area contributed by atoms with Crippen LogP contribution in [0.1, 0.15) is 52.4 Å². The zero-order chi connectivity index (χ0) is 27.1. The van der Waals surface area contributed by atoms with Gasteiger partial charge in [-0.25, -0.2) is 4.79 Å². The summed E-state index contributed by atoms with van der Waals surface area (Å²) in [6, 6.07) is -4.89. The number of carbonyl (C=O) groups excluding carboxylic acids is 3. The Morgan fingerprint density at radius 3 is 1.71 bits per heavy atom. The van der Waals surface area contributed by atoms with Crippen LogP contribution in [0, 0.1) is 5.92 Å². The lowest BCUT2D eigenvalue weighted by Gasteiger charge is -2.26. The molecule has 0 aromatic carbocycles. The highest BCUT2D eigenvalue weighted by Crippen LogP contribution is 2.09. The first kappa shape index (κ1) is 32.1. The van der Waals surface area contributed by atoms with Gasteiger partial charge in [-0.3, -0.25) is 24.0 Å². The van der Waals surface area contributed by atoms with Gasteiger partial charge in [0.15, 0.2) is 0 Å². The summed E-state index contributed by atoms with van der Waals surface area (Å²) in [6.07, 6.45) is 0.795. The molecule has 0 heterocycles. The predicted molar refractivity (Wildman–Crippen MR) is 128 cm³/mol. The second-order valence-electron chi connectivity index (χ2n) is 8.40. The average Bonchev–Trinajstić information content (AvgIpc) is 2.75. The highest BCUT2D eigenvalue weighted by atomic mass is 32.2. The van der Waals surface area contributed by atoms with Crippen LogP contribution in [0.3, 0.4) is 0 Å². The Morgan fingerprint density at radius 1 is 0.743 bits per heavy atom. The third-order valence-corrected chi connectivity index (χ3v) is 5.50. The van der Waals surface area contributed by atoms with Gasteiger partial charge < -0.3 is 37.0 Å². The molecule has 0 saturated carbocycles. The van der Waals surface area contributed by atoms with E-state index in [0.717, 1.165) is 0 Å². The molecule has 0 spiro atoms. The SMILES string of the molecule is CSCCC(NC(=O)C(CCC(=O)O)NC(=O)C(CC(C)C)NC(=O)C(N)CCC(=O)O)C(=O)O. The van der Waals surface area contributed by atoms with E-state index in [-0.39, 0.29) is 38.0 Å². The molecule has 14 heteroatoms. The smallest absolute Gasteiger partial charge is 0.326 e. The van der Waals surface area contributed by atoms with Crippen LogP contribution in [0.2, 0.25) is 0 Å². The molecule has 0 saturated heterocycles. The molecule has 0 fully saturated rings. The third kappa shape index (κ3) is 14.2.